The zero-order chi connectivity index (χ0) is 13.8. The Balaban J connectivity index is 2.05. The lowest BCUT2D eigenvalue weighted by Crippen LogP contribution is -2.45. The van der Waals surface area contributed by atoms with Gasteiger partial charge in [0.1, 0.15) is 5.82 Å². The summed E-state index contributed by atoms with van der Waals surface area (Å²) >= 11 is 5.47. The third-order valence-corrected chi connectivity index (χ3v) is 4.12. The summed E-state index contributed by atoms with van der Waals surface area (Å²) in [6.07, 6.45) is 4.75. The third-order valence-electron chi connectivity index (χ3n) is 3.78. The van der Waals surface area contributed by atoms with E-state index in [2.05, 4.69) is 17.1 Å². The molecule has 1 aliphatic rings. The molecule has 0 radical (unpaired) electrons. The lowest BCUT2D eigenvalue weighted by atomic mass is 10.0. The Bertz CT molecular complexity index is 461. The SMILES string of the molecule is CC[C@@H]1CCCCN1C(=S)Nc1ccc(C)c(F)c1. The Labute approximate surface area is 120 Å². The van der Waals surface area contributed by atoms with Crippen LogP contribution in [0.4, 0.5) is 10.1 Å². The molecule has 1 aromatic rings. The molecule has 1 heterocycles. The van der Waals surface area contributed by atoms with E-state index in [-0.39, 0.29) is 5.82 Å². The first-order valence-corrected chi connectivity index (χ1v) is 7.36. The zero-order valence-electron chi connectivity index (χ0n) is 11.6. The summed E-state index contributed by atoms with van der Waals surface area (Å²) in [6.45, 7) is 4.95. The first-order chi connectivity index (χ1) is 9.11. The van der Waals surface area contributed by atoms with E-state index in [0.717, 1.165) is 23.8 Å². The summed E-state index contributed by atoms with van der Waals surface area (Å²) in [6, 6.07) is 5.67. The molecule has 1 aliphatic heterocycles. The van der Waals surface area contributed by atoms with Gasteiger partial charge in [0, 0.05) is 18.3 Å². The highest BCUT2D eigenvalue weighted by atomic mass is 32.1. The molecule has 0 saturated carbocycles. The monoisotopic (exact) mass is 280 g/mol. The molecule has 1 aromatic carbocycles. The van der Waals surface area contributed by atoms with Crippen molar-refractivity contribution in [2.45, 2.75) is 45.6 Å². The molecule has 0 amide bonds. The Hall–Kier alpha value is -1.16. The molecule has 1 N–H and O–H groups in total. The second-order valence-electron chi connectivity index (χ2n) is 5.15. The average Bonchev–Trinajstić information content (AvgIpc) is 2.43. The van der Waals surface area contributed by atoms with Crippen LogP contribution in [0, 0.1) is 12.7 Å². The lowest BCUT2D eigenvalue weighted by Gasteiger charge is -2.37. The first kappa shape index (κ1) is 14.3. The van der Waals surface area contributed by atoms with Crippen molar-refractivity contribution in [3.05, 3.63) is 29.6 Å². The molecule has 19 heavy (non-hydrogen) atoms. The second kappa shape index (κ2) is 6.33. The van der Waals surface area contributed by atoms with E-state index in [1.54, 1.807) is 13.0 Å². The second-order valence-corrected chi connectivity index (χ2v) is 5.53. The zero-order valence-corrected chi connectivity index (χ0v) is 12.4. The molecule has 1 saturated heterocycles. The van der Waals surface area contributed by atoms with E-state index in [4.69, 9.17) is 12.2 Å². The van der Waals surface area contributed by atoms with Gasteiger partial charge in [-0.25, -0.2) is 4.39 Å². The smallest absolute Gasteiger partial charge is 0.173 e. The lowest BCUT2D eigenvalue weighted by molar-refractivity contribution is 0.239. The van der Waals surface area contributed by atoms with Gasteiger partial charge in [0.15, 0.2) is 5.11 Å². The highest BCUT2D eigenvalue weighted by Crippen LogP contribution is 2.21. The van der Waals surface area contributed by atoms with Crippen molar-refractivity contribution < 1.29 is 4.39 Å². The summed E-state index contributed by atoms with van der Waals surface area (Å²) in [5, 5.41) is 3.88. The van der Waals surface area contributed by atoms with Gasteiger partial charge in [-0.1, -0.05) is 13.0 Å². The molecule has 0 spiro atoms. The van der Waals surface area contributed by atoms with Crippen LogP contribution < -0.4 is 5.32 Å². The van der Waals surface area contributed by atoms with Crippen LogP contribution in [0.3, 0.4) is 0 Å². The van der Waals surface area contributed by atoms with Crippen molar-refractivity contribution in [3.8, 4) is 0 Å². The number of aryl methyl sites for hydroxylation is 1. The van der Waals surface area contributed by atoms with Crippen LogP contribution in [-0.2, 0) is 0 Å². The minimum absolute atomic E-state index is 0.196. The Morgan fingerprint density at radius 1 is 1.47 bits per heavy atom. The van der Waals surface area contributed by atoms with Crippen molar-refractivity contribution >= 4 is 23.0 Å². The number of benzene rings is 1. The van der Waals surface area contributed by atoms with Gasteiger partial charge in [0.2, 0.25) is 0 Å². The van der Waals surface area contributed by atoms with Gasteiger partial charge in [0.25, 0.3) is 0 Å². The highest BCUT2D eigenvalue weighted by molar-refractivity contribution is 7.80. The van der Waals surface area contributed by atoms with Gasteiger partial charge in [-0.15, -0.1) is 0 Å². The maximum atomic E-state index is 13.5. The number of hydrogen-bond donors (Lipinski definition) is 1. The van der Waals surface area contributed by atoms with Crippen molar-refractivity contribution in [1.82, 2.24) is 4.90 Å². The fourth-order valence-corrected chi connectivity index (χ4v) is 2.92. The molecular formula is C15H21FN2S. The number of likely N-dealkylation sites (tertiary alicyclic amines) is 1. The molecule has 1 fully saturated rings. The first-order valence-electron chi connectivity index (χ1n) is 6.95. The van der Waals surface area contributed by atoms with Crippen LogP contribution in [0.1, 0.15) is 38.2 Å². The molecule has 1 atom stereocenters. The average molecular weight is 280 g/mol. The van der Waals surface area contributed by atoms with Crippen molar-refractivity contribution in [3.63, 3.8) is 0 Å². The fourth-order valence-electron chi connectivity index (χ4n) is 2.56. The molecule has 2 nitrogen and oxygen atoms in total. The van der Waals surface area contributed by atoms with Crippen molar-refractivity contribution in [2.24, 2.45) is 0 Å². The molecule has 0 unspecified atom stereocenters. The van der Waals surface area contributed by atoms with Crippen LogP contribution in [-0.4, -0.2) is 22.6 Å². The largest absolute Gasteiger partial charge is 0.346 e. The molecule has 0 aromatic heterocycles. The standard InChI is InChI=1S/C15H21FN2S/c1-3-13-6-4-5-9-18(13)15(19)17-12-8-7-11(2)14(16)10-12/h7-8,10,13H,3-6,9H2,1-2H3,(H,17,19)/t13-/m1/s1. The highest BCUT2D eigenvalue weighted by Gasteiger charge is 2.22. The van der Waals surface area contributed by atoms with Gasteiger partial charge in [-0.05, 0) is 62.5 Å². The van der Waals surface area contributed by atoms with Gasteiger partial charge in [-0.2, -0.15) is 0 Å². The number of nitrogens with one attached hydrogen (secondary N) is 1. The quantitative estimate of drug-likeness (QED) is 0.821. The molecule has 0 aliphatic carbocycles. The molecule has 4 heteroatoms. The molecule has 104 valence electrons. The number of anilines is 1. The van der Waals surface area contributed by atoms with Gasteiger partial charge in [0.05, 0.1) is 0 Å². The fraction of sp³-hybridized carbons (Fsp3) is 0.533. The number of piperidine rings is 1. The van der Waals surface area contributed by atoms with Gasteiger partial charge < -0.3 is 10.2 Å². The minimum Gasteiger partial charge on any atom is -0.346 e. The predicted molar refractivity (Wildman–Crippen MR) is 82.0 cm³/mol. The maximum Gasteiger partial charge on any atom is 0.173 e. The van der Waals surface area contributed by atoms with E-state index in [0.29, 0.717) is 11.6 Å². The summed E-state index contributed by atoms with van der Waals surface area (Å²) in [4.78, 5) is 2.25. The van der Waals surface area contributed by atoms with E-state index >= 15 is 0 Å². The summed E-state index contributed by atoms with van der Waals surface area (Å²) in [5.41, 5.74) is 1.38. The number of nitrogens with zero attached hydrogens (tertiary/aromatic N) is 1. The van der Waals surface area contributed by atoms with Gasteiger partial charge in [-0.3, -0.25) is 0 Å². The Morgan fingerprint density at radius 3 is 2.95 bits per heavy atom. The van der Waals surface area contributed by atoms with E-state index < -0.39 is 0 Å². The summed E-state index contributed by atoms with van der Waals surface area (Å²) in [5.74, 6) is -0.196. The number of halogens is 1. The maximum absolute atomic E-state index is 13.5. The van der Waals surface area contributed by atoms with Crippen LogP contribution in [0.15, 0.2) is 18.2 Å². The Kier molecular flexibility index (Phi) is 4.75. The Morgan fingerprint density at radius 2 is 2.26 bits per heavy atom. The third kappa shape index (κ3) is 3.44. The normalized spacial score (nSPS) is 19.3. The summed E-state index contributed by atoms with van der Waals surface area (Å²) in [7, 11) is 0. The number of hydrogen-bond acceptors (Lipinski definition) is 1. The molecule has 0 bridgehead atoms. The van der Waals surface area contributed by atoms with Crippen molar-refractivity contribution in [1.29, 1.82) is 0 Å². The number of rotatable bonds is 2. The number of thiocarbonyl (C=S) groups is 1. The van der Waals surface area contributed by atoms with E-state index in [1.165, 1.54) is 25.3 Å². The van der Waals surface area contributed by atoms with Crippen LogP contribution >= 0.6 is 12.2 Å². The van der Waals surface area contributed by atoms with Gasteiger partial charge >= 0.3 is 0 Å². The van der Waals surface area contributed by atoms with Crippen LogP contribution in [0.2, 0.25) is 0 Å². The van der Waals surface area contributed by atoms with Crippen molar-refractivity contribution in [2.75, 3.05) is 11.9 Å². The molecule has 2 rings (SSSR count). The van der Waals surface area contributed by atoms with Crippen LogP contribution in [0.25, 0.3) is 0 Å². The minimum atomic E-state index is -0.196. The van der Waals surface area contributed by atoms with Crippen LogP contribution in [0.5, 0.6) is 0 Å². The topological polar surface area (TPSA) is 15.3 Å². The van der Waals surface area contributed by atoms with E-state index in [1.807, 2.05) is 6.07 Å². The van der Waals surface area contributed by atoms with E-state index in [9.17, 15) is 4.39 Å². The summed E-state index contributed by atoms with van der Waals surface area (Å²) < 4.78 is 13.5. The molecular weight excluding hydrogens is 259 g/mol. The predicted octanol–water partition coefficient (Wildman–Crippen LogP) is 4.10.